The topological polar surface area (TPSA) is 52.6 Å². The van der Waals surface area contributed by atoms with E-state index in [0.29, 0.717) is 37.2 Å². The highest BCUT2D eigenvalue weighted by Crippen LogP contribution is 2.32. The second kappa shape index (κ2) is 10.1. The molecule has 1 aliphatic rings. The normalized spacial score (nSPS) is 20.7. The first-order valence-corrected chi connectivity index (χ1v) is 9.73. The van der Waals surface area contributed by atoms with Crippen LogP contribution in [0.1, 0.15) is 52.0 Å². The number of aryl methyl sites for hydroxylation is 1. The Morgan fingerprint density at radius 2 is 1.70 bits per heavy atom. The fourth-order valence-corrected chi connectivity index (χ4v) is 3.18. The van der Waals surface area contributed by atoms with Crippen LogP contribution < -0.4 is 4.74 Å². The molecule has 4 nitrogen and oxygen atoms in total. The maximum Gasteiger partial charge on any atom is 0.314 e. The second-order valence-electron chi connectivity index (χ2n) is 7.46. The lowest BCUT2D eigenvalue weighted by Crippen LogP contribution is -2.29. The van der Waals surface area contributed by atoms with Crippen molar-refractivity contribution >= 4 is 11.9 Å². The van der Waals surface area contributed by atoms with Crippen molar-refractivity contribution < 1.29 is 19.1 Å². The van der Waals surface area contributed by atoms with E-state index in [0.717, 1.165) is 5.56 Å². The van der Waals surface area contributed by atoms with Gasteiger partial charge in [0, 0.05) is 5.92 Å². The zero-order chi connectivity index (χ0) is 19.8. The van der Waals surface area contributed by atoms with Gasteiger partial charge in [-0.1, -0.05) is 38.1 Å². The number of allylic oxidation sites excluding steroid dienone is 4. The fraction of sp³-hybridized carbons (Fsp3) is 0.478. The molecule has 1 aromatic rings. The van der Waals surface area contributed by atoms with E-state index in [1.54, 1.807) is 6.07 Å². The molecule has 0 amide bonds. The molecule has 1 saturated carbocycles. The van der Waals surface area contributed by atoms with E-state index in [-0.39, 0.29) is 29.7 Å². The SMILES string of the molecule is C/C=C\C=C(\OC(=O)C1CCC(C(=O)Oc2cccc(C)c2)CC1)C(C)C. The number of esters is 2. The Bertz CT molecular complexity index is 707. The van der Waals surface area contributed by atoms with E-state index in [4.69, 9.17) is 9.47 Å². The summed E-state index contributed by atoms with van der Waals surface area (Å²) in [6, 6.07) is 7.48. The highest BCUT2D eigenvalue weighted by atomic mass is 16.5. The molecule has 2 rings (SSSR count). The number of benzene rings is 1. The van der Waals surface area contributed by atoms with Gasteiger partial charge >= 0.3 is 11.9 Å². The van der Waals surface area contributed by atoms with Gasteiger partial charge in [-0.15, -0.1) is 0 Å². The molecule has 0 N–H and O–H groups in total. The van der Waals surface area contributed by atoms with Crippen molar-refractivity contribution in [3.63, 3.8) is 0 Å². The van der Waals surface area contributed by atoms with Crippen molar-refractivity contribution in [3.8, 4) is 5.75 Å². The van der Waals surface area contributed by atoms with Gasteiger partial charge in [0.15, 0.2) is 0 Å². The van der Waals surface area contributed by atoms with Crippen molar-refractivity contribution in [2.45, 2.75) is 53.4 Å². The van der Waals surface area contributed by atoms with E-state index in [1.807, 2.05) is 64.1 Å². The standard InChI is InChI=1S/C23H30O4/c1-5-6-10-21(16(2)3)27-23(25)19-13-11-18(12-14-19)22(24)26-20-9-7-8-17(4)15-20/h5-10,15-16,18-19H,11-14H2,1-4H3/b6-5-,21-10+. The predicted octanol–water partition coefficient (Wildman–Crippen LogP) is 5.37. The van der Waals surface area contributed by atoms with Crippen LogP contribution >= 0.6 is 0 Å². The average Bonchev–Trinajstić information content (AvgIpc) is 2.64. The predicted molar refractivity (Wildman–Crippen MR) is 106 cm³/mol. The third-order valence-electron chi connectivity index (χ3n) is 4.84. The molecule has 1 aromatic carbocycles. The maximum atomic E-state index is 12.5. The van der Waals surface area contributed by atoms with E-state index in [2.05, 4.69) is 0 Å². The van der Waals surface area contributed by atoms with Gasteiger partial charge in [-0.2, -0.15) is 0 Å². The quantitative estimate of drug-likeness (QED) is 0.292. The molecule has 4 heteroatoms. The molecule has 0 radical (unpaired) electrons. The number of hydrogen-bond donors (Lipinski definition) is 0. The molecule has 0 aliphatic heterocycles. The van der Waals surface area contributed by atoms with E-state index in [9.17, 15) is 9.59 Å². The van der Waals surface area contributed by atoms with Gasteiger partial charge in [0.25, 0.3) is 0 Å². The lowest BCUT2D eigenvalue weighted by atomic mass is 9.82. The molecule has 0 unspecified atom stereocenters. The van der Waals surface area contributed by atoms with Crippen LogP contribution in [0, 0.1) is 24.7 Å². The van der Waals surface area contributed by atoms with E-state index in [1.165, 1.54) is 0 Å². The van der Waals surface area contributed by atoms with Gasteiger partial charge < -0.3 is 9.47 Å². The number of rotatable bonds is 6. The van der Waals surface area contributed by atoms with Crippen LogP contribution in [0.15, 0.2) is 48.3 Å². The Labute approximate surface area is 162 Å². The van der Waals surface area contributed by atoms with Gasteiger partial charge in [0.05, 0.1) is 11.8 Å². The molecule has 0 aromatic heterocycles. The van der Waals surface area contributed by atoms with E-state index < -0.39 is 0 Å². The molecule has 1 aliphatic carbocycles. The third-order valence-corrected chi connectivity index (χ3v) is 4.84. The lowest BCUT2D eigenvalue weighted by Gasteiger charge is -2.26. The minimum Gasteiger partial charge on any atom is -0.431 e. The number of carbonyl (C=O) groups excluding carboxylic acids is 2. The highest BCUT2D eigenvalue weighted by Gasteiger charge is 2.32. The summed E-state index contributed by atoms with van der Waals surface area (Å²) in [7, 11) is 0. The molecular formula is C23H30O4. The van der Waals surface area contributed by atoms with Gasteiger partial charge in [-0.25, -0.2) is 0 Å². The first-order chi connectivity index (χ1) is 12.9. The number of carbonyl (C=O) groups is 2. The second-order valence-corrected chi connectivity index (χ2v) is 7.46. The summed E-state index contributed by atoms with van der Waals surface area (Å²) in [5.41, 5.74) is 1.05. The highest BCUT2D eigenvalue weighted by molar-refractivity contribution is 5.77. The summed E-state index contributed by atoms with van der Waals surface area (Å²) >= 11 is 0. The van der Waals surface area contributed by atoms with Crippen molar-refractivity contribution in [2.75, 3.05) is 0 Å². The van der Waals surface area contributed by atoms with Gasteiger partial charge in [0.1, 0.15) is 11.5 Å². The monoisotopic (exact) mass is 370 g/mol. The van der Waals surface area contributed by atoms with Crippen LogP contribution in [0.3, 0.4) is 0 Å². The molecule has 146 valence electrons. The molecule has 27 heavy (non-hydrogen) atoms. The Morgan fingerprint density at radius 3 is 2.26 bits per heavy atom. The van der Waals surface area contributed by atoms with Crippen LogP contribution in [0.2, 0.25) is 0 Å². The van der Waals surface area contributed by atoms with Crippen LogP contribution in [0.25, 0.3) is 0 Å². The Hall–Kier alpha value is -2.36. The summed E-state index contributed by atoms with van der Waals surface area (Å²) in [4.78, 5) is 24.9. The molecule has 0 atom stereocenters. The van der Waals surface area contributed by atoms with Crippen LogP contribution in [-0.4, -0.2) is 11.9 Å². The Balaban J connectivity index is 1.86. The van der Waals surface area contributed by atoms with E-state index >= 15 is 0 Å². The number of hydrogen-bond acceptors (Lipinski definition) is 4. The summed E-state index contributed by atoms with van der Waals surface area (Å²) in [6.45, 7) is 7.89. The summed E-state index contributed by atoms with van der Waals surface area (Å²) in [6.07, 6.45) is 8.23. The molecular weight excluding hydrogens is 340 g/mol. The smallest absolute Gasteiger partial charge is 0.314 e. The van der Waals surface area contributed by atoms with Crippen molar-refractivity contribution in [3.05, 3.63) is 53.8 Å². The minimum absolute atomic E-state index is 0.144. The van der Waals surface area contributed by atoms with Crippen molar-refractivity contribution in [1.29, 1.82) is 0 Å². The molecule has 0 spiro atoms. The zero-order valence-electron chi connectivity index (χ0n) is 16.7. The van der Waals surface area contributed by atoms with Crippen LogP contribution in [0.5, 0.6) is 5.75 Å². The lowest BCUT2D eigenvalue weighted by molar-refractivity contribution is -0.149. The molecule has 0 bridgehead atoms. The molecule has 0 heterocycles. The third kappa shape index (κ3) is 6.38. The Kier molecular flexibility index (Phi) is 7.83. The summed E-state index contributed by atoms with van der Waals surface area (Å²) in [5, 5.41) is 0. The first-order valence-electron chi connectivity index (χ1n) is 9.73. The first kappa shape index (κ1) is 20.9. The summed E-state index contributed by atoms with van der Waals surface area (Å²) < 4.78 is 11.1. The average molecular weight is 370 g/mol. The van der Waals surface area contributed by atoms with Crippen molar-refractivity contribution in [1.82, 2.24) is 0 Å². The van der Waals surface area contributed by atoms with Crippen LogP contribution in [0.4, 0.5) is 0 Å². The Morgan fingerprint density at radius 1 is 1.07 bits per heavy atom. The fourth-order valence-electron chi connectivity index (χ4n) is 3.18. The maximum absolute atomic E-state index is 12.5. The zero-order valence-corrected chi connectivity index (χ0v) is 16.7. The van der Waals surface area contributed by atoms with Gasteiger partial charge in [0.2, 0.25) is 0 Å². The largest absolute Gasteiger partial charge is 0.431 e. The van der Waals surface area contributed by atoms with Gasteiger partial charge in [-0.3, -0.25) is 9.59 Å². The van der Waals surface area contributed by atoms with Crippen LogP contribution in [-0.2, 0) is 14.3 Å². The molecule has 0 saturated heterocycles. The minimum atomic E-state index is -0.205. The summed E-state index contributed by atoms with van der Waals surface area (Å²) in [5.74, 6) is 0.703. The number of ether oxygens (including phenoxy) is 2. The van der Waals surface area contributed by atoms with Crippen molar-refractivity contribution in [2.24, 2.45) is 17.8 Å². The van der Waals surface area contributed by atoms with Gasteiger partial charge in [-0.05, 0) is 63.3 Å². The molecule has 1 fully saturated rings.